The summed E-state index contributed by atoms with van der Waals surface area (Å²) in [6.45, 7) is -0.553. The largest absolute Gasteiger partial charge is 0.489 e. The molecular formula is C23H20ClN7O6. The zero-order valence-corrected chi connectivity index (χ0v) is 19.7. The number of fused-ring (bicyclic) bond motifs is 2. The van der Waals surface area contributed by atoms with Crippen LogP contribution in [0, 0.1) is 0 Å². The molecule has 13 nitrogen and oxygen atoms in total. The van der Waals surface area contributed by atoms with Gasteiger partial charge >= 0.3 is 5.97 Å². The second-order valence-electron chi connectivity index (χ2n) is 7.44. The molecule has 1 atom stereocenters. The molecule has 4 N–H and O–H groups in total. The fourth-order valence-electron chi connectivity index (χ4n) is 3.12. The number of carboxylic acids is 1. The number of amides is 1. The van der Waals surface area contributed by atoms with E-state index in [0.717, 1.165) is 0 Å². The first-order chi connectivity index (χ1) is 17.9. The lowest BCUT2D eigenvalue weighted by molar-refractivity contribution is 0.0538. The van der Waals surface area contributed by atoms with E-state index in [2.05, 4.69) is 25.5 Å². The highest BCUT2D eigenvalue weighted by Crippen LogP contribution is 2.29. The van der Waals surface area contributed by atoms with Gasteiger partial charge in [-0.2, -0.15) is 10.2 Å². The highest BCUT2D eigenvalue weighted by molar-refractivity contribution is 6.31. The number of rotatable bonds is 7. The van der Waals surface area contributed by atoms with Gasteiger partial charge in [-0.3, -0.25) is 4.79 Å². The molecular weight excluding hydrogens is 506 g/mol. The summed E-state index contributed by atoms with van der Waals surface area (Å²) in [7, 11) is 0. The number of aliphatic hydroxyl groups excluding tert-OH is 2. The van der Waals surface area contributed by atoms with Crippen molar-refractivity contribution in [2.45, 2.75) is 6.10 Å². The minimum atomic E-state index is -1.02. The summed E-state index contributed by atoms with van der Waals surface area (Å²) in [6, 6.07) is 8.08. The zero-order chi connectivity index (χ0) is 26.4. The van der Waals surface area contributed by atoms with E-state index in [1.807, 2.05) is 0 Å². The summed E-state index contributed by atoms with van der Waals surface area (Å²) in [5.41, 5.74) is 1.53. The predicted molar refractivity (Wildman–Crippen MR) is 131 cm³/mol. The average Bonchev–Trinajstić information content (AvgIpc) is 3.53. The average molecular weight is 526 g/mol. The Hall–Kier alpha value is -4.59. The van der Waals surface area contributed by atoms with Gasteiger partial charge in [0.1, 0.15) is 29.6 Å². The fraction of sp³-hybridized carbons (Fsp3) is 0.130. The number of hydrogen-bond acceptors (Lipinski definition) is 9. The quantitative estimate of drug-likeness (QED) is 0.245. The van der Waals surface area contributed by atoms with Gasteiger partial charge in [-0.15, -0.1) is 0 Å². The highest BCUT2D eigenvalue weighted by Gasteiger charge is 2.17. The zero-order valence-electron chi connectivity index (χ0n) is 19.0. The molecule has 14 heteroatoms. The number of halogens is 1. The minimum Gasteiger partial charge on any atom is -0.489 e. The molecule has 1 aromatic carbocycles. The lowest BCUT2D eigenvalue weighted by atomic mass is 10.2. The molecule has 0 fully saturated rings. The first-order valence-electron chi connectivity index (χ1n) is 10.7. The molecule has 0 aliphatic heterocycles. The van der Waals surface area contributed by atoms with Crippen LogP contribution in [-0.2, 0) is 0 Å². The Morgan fingerprint density at radius 3 is 2.27 bits per heavy atom. The second kappa shape index (κ2) is 11.4. The molecule has 4 aromatic heterocycles. The number of anilines is 1. The molecule has 37 heavy (non-hydrogen) atoms. The van der Waals surface area contributed by atoms with Gasteiger partial charge in [0.25, 0.3) is 5.91 Å². The maximum Gasteiger partial charge on any atom is 0.341 e. The van der Waals surface area contributed by atoms with E-state index < -0.39 is 24.6 Å². The summed E-state index contributed by atoms with van der Waals surface area (Å²) >= 11 is 5.99. The van der Waals surface area contributed by atoms with Crippen molar-refractivity contribution in [3.05, 3.63) is 83.7 Å². The van der Waals surface area contributed by atoms with Crippen molar-refractivity contribution in [3.8, 4) is 5.75 Å². The van der Waals surface area contributed by atoms with Crippen LogP contribution in [-0.4, -0.2) is 75.7 Å². The van der Waals surface area contributed by atoms with Crippen LogP contribution in [0.2, 0.25) is 5.02 Å². The molecule has 4 heterocycles. The van der Waals surface area contributed by atoms with Crippen LogP contribution in [0.3, 0.4) is 0 Å². The molecule has 0 saturated heterocycles. The molecule has 5 aromatic rings. The van der Waals surface area contributed by atoms with E-state index in [0.29, 0.717) is 33.3 Å². The Labute approximate surface area is 213 Å². The number of carboxylic acid groups (broad SMARTS) is 1. The minimum absolute atomic E-state index is 0.121. The summed E-state index contributed by atoms with van der Waals surface area (Å²) in [6.07, 6.45) is 8.10. The first-order valence-corrected chi connectivity index (χ1v) is 11.1. The molecule has 0 aliphatic carbocycles. The Kier molecular flexibility index (Phi) is 7.88. The topological polar surface area (TPSA) is 176 Å². The number of hydrogen-bond donors (Lipinski definition) is 4. The Morgan fingerprint density at radius 2 is 1.65 bits per heavy atom. The number of ether oxygens (including phenoxy) is 1. The van der Waals surface area contributed by atoms with Gasteiger partial charge in [-0.05, 0) is 30.3 Å². The maximum atomic E-state index is 12.6. The maximum absolute atomic E-state index is 12.6. The van der Waals surface area contributed by atoms with Gasteiger partial charge < -0.3 is 25.4 Å². The van der Waals surface area contributed by atoms with Crippen LogP contribution in [0.5, 0.6) is 5.75 Å². The Bertz CT molecular complexity index is 1550. The molecule has 190 valence electrons. The number of benzene rings is 1. The van der Waals surface area contributed by atoms with Gasteiger partial charge in [0.05, 0.1) is 24.7 Å². The van der Waals surface area contributed by atoms with Crippen LogP contribution in [0.4, 0.5) is 5.69 Å². The number of nitrogens with zero attached hydrogens (tertiary/aromatic N) is 6. The third kappa shape index (κ3) is 5.98. The summed E-state index contributed by atoms with van der Waals surface area (Å²) in [4.78, 5) is 31.2. The third-order valence-electron chi connectivity index (χ3n) is 4.87. The molecule has 0 aliphatic rings. The van der Waals surface area contributed by atoms with Crippen molar-refractivity contribution in [2.75, 3.05) is 18.5 Å². The Morgan fingerprint density at radius 1 is 1.03 bits per heavy atom. The summed E-state index contributed by atoms with van der Waals surface area (Å²) in [5.74, 6) is -1.12. The summed E-state index contributed by atoms with van der Waals surface area (Å²) < 4.78 is 8.34. The van der Waals surface area contributed by atoms with Crippen molar-refractivity contribution < 1.29 is 29.6 Å². The van der Waals surface area contributed by atoms with Gasteiger partial charge in [0, 0.05) is 29.8 Å². The molecule has 5 rings (SSSR count). The van der Waals surface area contributed by atoms with Crippen molar-refractivity contribution in [2.24, 2.45) is 0 Å². The first kappa shape index (κ1) is 25.5. The van der Waals surface area contributed by atoms with E-state index in [1.54, 1.807) is 42.9 Å². The molecule has 1 amide bonds. The van der Waals surface area contributed by atoms with Crippen LogP contribution in [0.1, 0.15) is 20.7 Å². The third-order valence-corrected chi connectivity index (χ3v) is 5.10. The second-order valence-corrected chi connectivity index (χ2v) is 7.88. The number of aliphatic hydroxyl groups is 2. The molecule has 0 saturated carbocycles. The molecule has 0 unspecified atom stereocenters. The van der Waals surface area contributed by atoms with Crippen molar-refractivity contribution in [1.82, 2.24) is 29.2 Å². The number of nitrogens with one attached hydrogen (secondary N) is 1. The smallest absolute Gasteiger partial charge is 0.341 e. The van der Waals surface area contributed by atoms with Crippen molar-refractivity contribution >= 4 is 40.5 Å². The van der Waals surface area contributed by atoms with E-state index in [4.69, 9.17) is 26.6 Å². The standard InChI is InChI=1S/C16H15ClN4O4.C7H5N3O2/c17-10-2-3-14(25-9-11(23)8-22)13(6-10)20-16(24)12-7-19-21-5-1-4-18-15(12)21;11-7(12)5-4-9-10-3-1-2-8-6(5)10/h1-7,11,22-23H,8-9H2,(H,20,24);1-4H,(H,11,12)/t11-;/m1./s1. The SMILES string of the molecule is O=C(Nc1cc(Cl)ccc1OC[C@H](O)CO)c1cnn2cccnc12.O=C(O)c1cnn2cccnc12. The van der Waals surface area contributed by atoms with Gasteiger partial charge in [-0.25, -0.2) is 23.8 Å². The van der Waals surface area contributed by atoms with Crippen LogP contribution < -0.4 is 10.1 Å². The normalized spacial score (nSPS) is 11.5. The van der Waals surface area contributed by atoms with E-state index >= 15 is 0 Å². The van der Waals surface area contributed by atoms with Crippen molar-refractivity contribution in [3.63, 3.8) is 0 Å². The number of carbonyl (C=O) groups excluding carboxylic acids is 1. The van der Waals surface area contributed by atoms with Gasteiger partial charge in [0.15, 0.2) is 11.3 Å². The van der Waals surface area contributed by atoms with Crippen LogP contribution in [0.25, 0.3) is 11.3 Å². The number of carbonyl (C=O) groups is 2. The molecule has 0 radical (unpaired) electrons. The monoisotopic (exact) mass is 525 g/mol. The van der Waals surface area contributed by atoms with E-state index in [9.17, 15) is 14.7 Å². The number of aromatic carboxylic acids is 1. The number of aromatic nitrogens is 6. The highest BCUT2D eigenvalue weighted by atomic mass is 35.5. The lowest BCUT2D eigenvalue weighted by Gasteiger charge is -2.14. The van der Waals surface area contributed by atoms with E-state index in [-0.39, 0.29) is 12.2 Å². The van der Waals surface area contributed by atoms with Crippen LogP contribution >= 0.6 is 11.6 Å². The van der Waals surface area contributed by atoms with Gasteiger partial charge in [-0.1, -0.05) is 11.6 Å². The molecule has 0 spiro atoms. The van der Waals surface area contributed by atoms with E-state index in [1.165, 1.54) is 33.7 Å². The Balaban J connectivity index is 0.000000222. The molecule has 0 bridgehead atoms. The predicted octanol–water partition coefficient (Wildman–Crippen LogP) is 1.79. The fourth-order valence-corrected chi connectivity index (χ4v) is 3.29. The lowest BCUT2D eigenvalue weighted by Crippen LogP contribution is -2.22. The van der Waals surface area contributed by atoms with Crippen LogP contribution in [0.15, 0.2) is 67.5 Å². The van der Waals surface area contributed by atoms with Crippen molar-refractivity contribution in [1.29, 1.82) is 0 Å². The summed E-state index contributed by atoms with van der Waals surface area (Å²) in [5, 5.41) is 37.9. The van der Waals surface area contributed by atoms with Gasteiger partial charge in [0.2, 0.25) is 0 Å².